The number of aromatic nitrogens is 1. The van der Waals surface area contributed by atoms with Gasteiger partial charge in [-0.25, -0.2) is 9.78 Å². The van der Waals surface area contributed by atoms with Crippen molar-refractivity contribution in [3.05, 3.63) is 84.0 Å². The number of carboxylic acid groups (broad SMARTS) is 1. The molecule has 0 spiro atoms. The molecule has 0 aliphatic carbocycles. The summed E-state index contributed by atoms with van der Waals surface area (Å²) in [7, 11) is 1.46. The summed E-state index contributed by atoms with van der Waals surface area (Å²) < 4.78 is 10.6. The minimum atomic E-state index is -0.972. The molecule has 0 saturated carbocycles. The Morgan fingerprint density at radius 3 is 2.61 bits per heavy atom. The van der Waals surface area contributed by atoms with Crippen molar-refractivity contribution < 1.29 is 29.3 Å². The minimum Gasteiger partial charge on any atom is -0.508 e. The molecular formula is C27H31N3O6. The Kier molecular flexibility index (Phi) is 9.50. The highest BCUT2D eigenvalue weighted by molar-refractivity contribution is 6.05. The van der Waals surface area contributed by atoms with Crippen LogP contribution in [-0.4, -0.2) is 53.9 Å². The van der Waals surface area contributed by atoms with Gasteiger partial charge in [-0.05, 0) is 62.1 Å². The van der Waals surface area contributed by atoms with E-state index in [0.29, 0.717) is 29.5 Å². The third-order valence-electron chi connectivity index (χ3n) is 5.76. The molecule has 9 heteroatoms. The number of pyridine rings is 1. The topological polar surface area (TPSA) is 121 Å². The van der Waals surface area contributed by atoms with Crippen molar-refractivity contribution in [3.8, 4) is 5.75 Å². The third-order valence-corrected chi connectivity index (χ3v) is 5.76. The first kappa shape index (κ1) is 26.3. The lowest BCUT2D eigenvalue weighted by Gasteiger charge is -2.32. The first-order valence-electron chi connectivity index (χ1n) is 11.6. The molecule has 0 radical (unpaired) electrons. The average Bonchev–Trinajstić information content (AvgIpc) is 2.90. The van der Waals surface area contributed by atoms with E-state index in [1.54, 1.807) is 49.5 Å². The molecular weight excluding hydrogens is 462 g/mol. The number of ether oxygens (including phenoxy) is 2. The number of aromatic carboxylic acids is 1. The van der Waals surface area contributed by atoms with Gasteiger partial charge in [0.1, 0.15) is 17.3 Å². The summed E-state index contributed by atoms with van der Waals surface area (Å²) in [4.78, 5) is 30.3. The Balaban J connectivity index is 1.49. The number of aliphatic hydroxyl groups excluding tert-OH is 1. The summed E-state index contributed by atoms with van der Waals surface area (Å²) in [5.74, 6) is 0.330. The maximum atomic E-state index is 12.5. The second kappa shape index (κ2) is 13.0. The number of anilines is 2. The molecule has 0 atom stereocenters. The van der Waals surface area contributed by atoms with Crippen LogP contribution in [-0.2, 0) is 9.53 Å². The number of rotatable bonds is 10. The van der Waals surface area contributed by atoms with Crippen molar-refractivity contribution in [2.45, 2.75) is 19.8 Å². The summed E-state index contributed by atoms with van der Waals surface area (Å²) >= 11 is 0. The molecule has 36 heavy (non-hydrogen) atoms. The van der Waals surface area contributed by atoms with Gasteiger partial charge >= 0.3 is 5.97 Å². The molecule has 1 aliphatic heterocycles. The van der Waals surface area contributed by atoms with Crippen LogP contribution in [0.3, 0.4) is 0 Å². The van der Waals surface area contributed by atoms with Crippen LogP contribution < -0.4 is 15.0 Å². The van der Waals surface area contributed by atoms with Gasteiger partial charge in [0.05, 0.1) is 37.4 Å². The number of carbonyl (C=O) groups is 2. The zero-order chi connectivity index (χ0) is 25.9. The predicted molar refractivity (Wildman–Crippen MR) is 137 cm³/mol. The van der Waals surface area contributed by atoms with Gasteiger partial charge in [-0.1, -0.05) is 12.1 Å². The van der Waals surface area contributed by atoms with Crippen molar-refractivity contribution in [1.29, 1.82) is 0 Å². The first-order chi connectivity index (χ1) is 17.4. The number of methoxy groups -OCH3 is 1. The Hall–Kier alpha value is -4.27. The van der Waals surface area contributed by atoms with Crippen LogP contribution in [0.5, 0.6) is 5.75 Å². The van der Waals surface area contributed by atoms with E-state index in [4.69, 9.17) is 14.6 Å². The molecule has 1 aromatic heterocycles. The fraction of sp³-hybridized carbons (Fsp3) is 0.296. The van der Waals surface area contributed by atoms with Crippen LogP contribution in [0.4, 0.5) is 11.5 Å². The Morgan fingerprint density at radius 2 is 1.97 bits per heavy atom. The number of aliphatic hydroxyl groups is 1. The van der Waals surface area contributed by atoms with E-state index in [0.717, 1.165) is 31.7 Å². The highest BCUT2D eigenvalue weighted by Crippen LogP contribution is 2.24. The van der Waals surface area contributed by atoms with Crippen molar-refractivity contribution in [1.82, 2.24) is 4.98 Å². The smallest absolute Gasteiger partial charge is 0.335 e. The van der Waals surface area contributed by atoms with E-state index in [1.807, 2.05) is 6.07 Å². The molecule has 1 aromatic carbocycles. The lowest BCUT2D eigenvalue weighted by Crippen LogP contribution is -2.36. The summed E-state index contributed by atoms with van der Waals surface area (Å²) in [6.07, 6.45) is 9.08. The number of piperidine rings is 1. The summed E-state index contributed by atoms with van der Waals surface area (Å²) in [6.45, 7) is 3.89. The molecule has 2 aromatic rings. The van der Waals surface area contributed by atoms with Gasteiger partial charge < -0.3 is 29.9 Å². The number of hydrogen-bond donors (Lipinski definition) is 3. The lowest BCUT2D eigenvalue weighted by molar-refractivity contribution is -0.112. The molecule has 1 fully saturated rings. The van der Waals surface area contributed by atoms with E-state index in [-0.39, 0.29) is 17.2 Å². The molecule has 0 bridgehead atoms. The molecule has 3 rings (SSSR count). The van der Waals surface area contributed by atoms with Gasteiger partial charge in [-0.2, -0.15) is 0 Å². The fourth-order valence-electron chi connectivity index (χ4n) is 3.74. The largest absolute Gasteiger partial charge is 0.508 e. The number of hydrogen-bond acceptors (Lipinski definition) is 7. The molecule has 2 heterocycles. The quantitative estimate of drug-likeness (QED) is 0.250. The maximum absolute atomic E-state index is 12.5. The second-order valence-corrected chi connectivity index (χ2v) is 8.29. The molecule has 1 saturated heterocycles. The summed E-state index contributed by atoms with van der Waals surface area (Å²) in [6, 6.07) is 10.2. The molecule has 190 valence electrons. The summed E-state index contributed by atoms with van der Waals surface area (Å²) in [5.41, 5.74) is 1.07. The van der Waals surface area contributed by atoms with Crippen LogP contribution in [0.2, 0.25) is 0 Å². The molecule has 0 unspecified atom stereocenters. The van der Waals surface area contributed by atoms with Crippen molar-refractivity contribution >= 4 is 23.4 Å². The van der Waals surface area contributed by atoms with Gasteiger partial charge in [0, 0.05) is 24.7 Å². The maximum Gasteiger partial charge on any atom is 0.335 e. The van der Waals surface area contributed by atoms with E-state index < -0.39 is 5.97 Å². The standard InChI is InChI=1S/C27H31N3O6/c1-3-20(15-23(31)11-14-35-2)26(32)29-22-7-8-25(28-17-22)30-12-9-19(10-13-30)18-36-24-6-4-5-21(16-24)27(33)34/h3-8,11,14-17,19,31H,9-10,12-13,18H2,1-2H3,(H,29,32)(H,33,34)/b14-11+,20-3+,23-15+. The number of nitrogens with one attached hydrogen (secondary N) is 1. The molecule has 9 nitrogen and oxygen atoms in total. The predicted octanol–water partition coefficient (Wildman–Crippen LogP) is 4.56. The Labute approximate surface area is 210 Å². The van der Waals surface area contributed by atoms with E-state index in [1.165, 1.54) is 25.5 Å². The number of benzene rings is 1. The van der Waals surface area contributed by atoms with Crippen molar-refractivity contribution in [2.75, 3.05) is 37.0 Å². The van der Waals surface area contributed by atoms with E-state index in [9.17, 15) is 14.7 Å². The van der Waals surface area contributed by atoms with Crippen molar-refractivity contribution in [2.24, 2.45) is 5.92 Å². The highest BCUT2D eigenvalue weighted by Gasteiger charge is 2.21. The van der Waals surface area contributed by atoms with Crippen LogP contribution in [0.25, 0.3) is 0 Å². The highest BCUT2D eigenvalue weighted by atomic mass is 16.5. The van der Waals surface area contributed by atoms with Gasteiger partial charge in [0.25, 0.3) is 5.91 Å². The number of amides is 1. The van der Waals surface area contributed by atoms with Gasteiger partial charge in [0.15, 0.2) is 0 Å². The third kappa shape index (κ3) is 7.63. The van der Waals surface area contributed by atoms with Gasteiger partial charge in [-0.3, -0.25) is 4.79 Å². The van der Waals surface area contributed by atoms with E-state index >= 15 is 0 Å². The van der Waals surface area contributed by atoms with Crippen LogP contribution in [0.15, 0.2) is 78.4 Å². The average molecular weight is 494 g/mol. The Morgan fingerprint density at radius 1 is 1.19 bits per heavy atom. The number of carboxylic acids is 1. The monoisotopic (exact) mass is 493 g/mol. The zero-order valence-electron chi connectivity index (χ0n) is 20.4. The zero-order valence-corrected chi connectivity index (χ0v) is 20.4. The SMILES string of the molecule is C\C=C(/C=C(O)\C=C\OC)C(=O)Nc1ccc(N2CCC(COc3cccc(C(=O)O)c3)CC2)nc1. The number of nitrogens with zero attached hydrogens (tertiary/aromatic N) is 2. The van der Waals surface area contributed by atoms with Crippen LogP contribution in [0, 0.1) is 5.92 Å². The fourth-order valence-corrected chi connectivity index (χ4v) is 3.74. The molecule has 1 aliphatic rings. The number of allylic oxidation sites excluding steroid dienone is 2. The molecule has 1 amide bonds. The van der Waals surface area contributed by atoms with Crippen LogP contribution >= 0.6 is 0 Å². The number of carbonyl (C=O) groups excluding carboxylic acids is 1. The van der Waals surface area contributed by atoms with Gasteiger partial charge in [0.2, 0.25) is 0 Å². The van der Waals surface area contributed by atoms with Crippen LogP contribution in [0.1, 0.15) is 30.1 Å². The lowest BCUT2D eigenvalue weighted by atomic mass is 9.98. The van der Waals surface area contributed by atoms with E-state index in [2.05, 4.69) is 15.2 Å². The first-order valence-corrected chi connectivity index (χ1v) is 11.6. The second-order valence-electron chi connectivity index (χ2n) is 8.29. The Bertz CT molecular complexity index is 1130. The van der Waals surface area contributed by atoms with Gasteiger partial charge in [-0.15, -0.1) is 0 Å². The normalized spacial score (nSPS) is 15.1. The summed E-state index contributed by atoms with van der Waals surface area (Å²) in [5, 5.41) is 21.7. The minimum absolute atomic E-state index is 0.101. The molecule has 3 N–H and O–H groups in total. The van der Waals surface area contributed by atoms with Crippen molar-refractivity contribution in [3.63, 3.8) is 0 Å².